The fraction of sp³-hybridized carbons (Fsp3) is 0. The predicted molar refractivity (Wildman–Crippen MR) is 26.6 cm³/mol. The molecule has 0 bridgehead atoms. The van der Waals surface area contributed by atoms with Gasteiger partial charge in [-0.05, 0) is 0 Å². The second-order valence-corrected chi connectivity index (χ2v) is 1.22. The van der Waals surface area contributed by atoms with Crippen LogP contribution in [-0.4, -0.2) is 44.8 Å². The minimum atomic E-state index is -5.17. The van der Waals surface area contributed by atoms with E-state index in [1.54, 1.807) is 0 Å². The molecule has 0 aliphatic heterocycles. The maximum Gasteiger partial charge on any atom is 2.00 e. The maximum atomic E-state index is 8.52. The van der Waals surface area contributed by atoms with Gasteiger partial charge in [-0.25, -0.2) is 0 Å². The zero-order valence-corrected chi connectivity index (χ0v) is 8.75. The Hall–Kier alpha value is 1.14. The van der Waals surface area contributed by atoms with Crippen LogP contribution >= 0.6 is 13.5 Å². The van der Waals surface area contributed by atoms with Gasteiger partial charge in [0.15, 0.2) is 0 Å². The quantitative estimate of drug-likeness (QED) is 0.303. The normalized spacial score (nSPS) is 8.29. The van der Waals surface area contributed by atoms with Crippen LogP contribution in [0.2, 0.25) is 0 Å². The standard InChI is InChI=1S/H2O4S.Pb.H2S/c1-5(2,3)4;;/h(H2,1,2,3,4);;1H2/q;+2;/p-2. The average Bonchev–Trinajstić information content (AvgIpc) is 0.722. The van der Waals surface area contributed by atoms with Crippen molar-refractivity contribution in [2.75, 3.05) is 0 Å². The van der Waals surface area contributed by atoms with Gasteiger partial charge in [0, 0.05) is 10.4 Å². The summed E-state index contributed by atoms with van der Waals surface area (Å²) in [6.45, 7) is 0. The van der Waals surface area contributed by atoms with Crippen molar-refractivity contribution in [3.05, 3.63) is 0 Å². The van der Waals surface area contributed by atoms with Crippen LogP contribution in [0.3, 0.4) is 0 Å². The smallest absolute Gasteiger partial charge is 0.759 e. The first kappa shape index (κ1) is 15.7. The molecule has 7 heavy (non-hydrogen) atoms. The summed E-state index contributed by atoms with van der Waals surface area (Å²) in [5.74, 6) is 0. The fourth-order valence-corrected chi connectivity index (χ4v) is 0. The van der Waals surface area contributed by atoms with Crippen LogP contribution in [0.4, 0.5) is 0 Å². The summed E-state index contributed by atoms with van der Waals surface area (Å²) < 4.78 is 34.1. The van der Waals surface area contributed by atoms with Gasteiger partial charge in [0.25, 0.3) is 0 Å². The van der Waals surface area contributed by atoms with Gasteiger partial charge in [-0.1, -0.05) is 0 Å². The summed E-state index contributed by atoms with van der Waals surface area (Å²) in [7, 11) is -5.17. The molecule has 0 amide bonds. The molecule has 0 unspecified atom stereocenters. The number of hydrogen-bond donors (Lipinski definition) is 0. The van der Waals surface area contributed by atoms with E-state index < -0.39 is 10.4 Å². The van der Waals surface area contributed by atoms with Gasteiger partial charge in [-0.2, -0.15) is 13.5 Å². The van der Waals surface area contributed by atoms with Crippen molar-refractivity contribution in [2.45, 2.75) is 0 Å². The molecule has 0 atom stereocenters. The van der Waals surface area contributed by atoms with Crippen LogP contribution < -0.4 is 0 Å². The molecule has 0 aliphatic carbocycles. The topological polar surface area (TPSA) is 80.3 Å². The molecule has 42 valence electrons. The van der Waals surface area contributed by atoms with Gasteiger partial charge in [-0.3, -0.25) is 8.42 Å². The molecular weight excluding hydrogens is 335 g/mol. The molecule has 0 aliphatic rings. The predicted octanol–water partition coefficient (Wildman–Crippen LogP) is -1.61. The first-order valence-corrected chi connectivity index (χ1v) is 2.00. The van der Waals surface area contributed by atoms with Crippen LogP contribution in [0.25, 0.3) is 0 Å². The zero-order valence-electron chi connectivity index (χ0n) is 3.04. The van der Waals surface area contributed by atoms with Crippen LogP contribution in [0.5, 0.6) is 0 Å². The molecule has 4 nitrogen and oxygen atoms in total. The SMILES string of the molecule is O=S(=O)([O-])[O-].S.[Pb+2]. The van der Waals surface area contributed by atoms with E-state index in [1.165, 1.54) is 0 Å². The fourth-order valence-electron chi connectivity index (χ4n) is 0. The van der Waals surface area contributed by atoms with Crippen molar-refractivity contribution in [2.24, 2.45) is 0 Å². The van der Waals surface area contributed by atoms with Gasteiger partial charge in [0.05, 0.1) is 0 Å². The van der Waals surface area contributed by atoms with Gasteiger partial charge in [-0.15, -0.1) is 0 Å². The molecule has 2 radical (unpaired) electrons. The third-order valence-electron chi connectivity index (χ3n) is 0. The Morgan fingerprint density at radius 3 is 1.14 bits per heavy atom. The Bertz CT molecular complexity index is 92.9. The molecule has 0 fully saturated rings. The molecule has 0 aromatic heterocycles. The first-order chi connectivity index (χ1) is 2.00. The van der Waals surface area contributed by atoms with E-state index in [9.17, 15) is 0 Å². The van der Waals surface area contributed by atoms with Crippen molar-refractivity contribution in [3.8, 4) is 0 Å². The largest absolute Gasteiger partial charge is 2.00 e. The van der Waals surface area contributed by atoms with Crippen molar-refractivity contribution in [1.29, 1.82) is 0 Å². The van der Waals surface area contributed by atoms with Crippen LogP contribution in [0, 0.1) is 0 Å². The van der Waals surface area contributed by atoms with Crippen LogP contribution in [0.15, 0.2) is 0 Å². The van der Waals surface area contributed by atoms with Crippen LogP contribution in [0.1, 0.15) is 0 Å². The minimum Gasteiger partial charge on any atom is -0.759 e. The molecule has 0 N–H and O–H groups in total. The van der Waals surface area contributed by atoms with E-state index in [1.807, 2.05) is 0 Å². The number of hydrogen-bond acceptors (Lipinski definition) is 4. The van der Waals surface area contributed by atoms with Gasteiger partial charge in [0.2, 0.25) is 0 Å². The summed E-state index contributed by atoms with van der Waals surface area (Å²) >= 11 is 0. The second-order valence-electron chi connectivity index (χ2n) is 0.408. The molecular formula is H2O4PbS2. The Morgan fingerprint density at radius 1 is 1.14 bits per heavy atom. The molecule has 0 rings (SSSR count). The van der Waals surface area contributed by atoms with E-state index in [2.05, 4.69) is 0 Å². The Labute approximate surface area is 68.5 Å². The van der Waals surface area contributed by atoms with Gasteiger partial charge in [0.1, 0.15) is 0 Å². The summed E-state index contributed by atoms with van der Waals surface area (Å²) in [5, 5.41) is 0. The van der Waals surface area contributed by atoms with Crippen molar-refractivity contribution in [3.63, 3.8) is 0 Å². The second kappa shape index (κ2) is 5.28. The van der Waals surface area contributed by atoms with Crippen molar-refractivity contribution >= 4 is 51.2 Å². The van der Waals surface area contributed by atoms with E-state index in [4.69, 9.17) is 17.5 Å². The van der Waals surface area contributed by atoms with Gasteiger partial charge < -0.3 is 9.11 Å². The monoisotopic (exact) mass is 338 g/mol. The summed E-state index contributed by atoms with van der Waals surface area (Å²) in [5.41, 5.74) is 0. The van der Waals surface area contributed by atoms with Crippen molar-refractivity contribution in [1.82, 2.24) is 0 Å². The molecule has 0 spiro atoms. The summed E-state index contributed by atoms with van der Waals surface area (Å²) in [4.78, 5) is 0. The maximum absolute atomic E-state index is 8.52. The minimum absolute atomic E-state index is 0. The van der Waals surface area contributed by atoms with Crippen LogP contribution in [-0.2, 0) is 10.4 Å². The van der Waals surface area contributed by atoms with Crippen molar-refractivity contribution < 1.29 is 17.5 Å². The Morgan fingerprint density at radius 2 is 1.14 bits per heavy atom. The van der Waals surface area contributed by atoms with Gasteiger partial charge >= 0.3 is 27.3 Å². The number of rotatable bonds is 0. The molecule has 0 saturated carbocycles. The Balaban J connectivity index is -0.0000000800. The van der Waals surface area contributed by atoms with E-state index >= 15 is 0 Å². The average molecular weight is 337 g/mol. The molecule has 0 heterocycles. The molecule has 0 aromatic rings. The third-order valence-corrected chi connectivity index (χ3v) is 0. The Kier molecular flexibility index (Phi) is 11.9. The summed E-state index contributed by atoms with van der Waals surface area (Å²) in [6, 6.07) is 0. The van der Waals surface area contributed by atoms with E-state index in [0.29, 0.717) is 0 Å². The molecule has 7 heteroatoms. The zero-order chi connectivity index (χ0) is 4.50. The van der Waals surface area contributed by atoms with E-state index in [-0.39, 0.29) is 40.8 Å². The third kappa shape index (κ3) is 145. The molecule has 0 aromatic carbocycles. The summed E-state index contributed by atoms with van der Waals surface area (Å²) in [6.07, 6.45) is 0. The molecule has 0 saturated heterocycles. The first-order valence-electron chi connectivity index (χ1n) is 0.667. The van der Waals surface area contributed by atoms with E-state index in [0.717, 1.165) is 0 Å².